The number of ether oxygens (including phenoxy) is 1. The van der Waals surface area contributed by atoms with Crippen LogP contribution >= 0.6 is 12.4 Å². The van der Waals surface area contributed by atoms with E-state index in [9.17, 15) is 14.4 Å². The van der Waals surface area contributed by atoms with Crippen LogP contribution in [-0.2, 0) is 15.1 Å². The lowest BCUT2D eigenvalue weighted by Crippen LogP contribution is -2.47. The molecule has 3 rings (SSSR count). The molecule has 0 radical (unpaired) electrons. The highest BCUT2D eigenvalue weighted by atomic mass is 35.5. The van der Waals surface area contributed by atoms with Gasteiger partial charge in [0.25, 0.3) is 5.91 Å². The van der Waals surface area contributed by atoms with Gasteiger partial charge in [-0.25, -0.2) is 4.79 Å². The number of nitrogens with one attached hydrogen (secondary N) is 2. The Kier molecular flexibility index (Phi) is 6.90. The number of rotatable bonds is 6. The van der Waals surface area contributed by atoms with Crippen LogP contribution in [0.25, 0.3) is 0 Å². The van der Waals surface area contributed by atoms with Gasteiger partial charge in [0.15, 0.2) is 0 Å². The summed E-state index contributed by atoms with van der Waals surface area (Å²) in [5.74, 6) is 0.112. The van der Waals surface area contributed by atoms with Crippen molar-refractivity contribution in [2.45, 2.75) is 37.8 Å². The molecule has 154 valence electrons. The van der Waals surface area contributed by atoms with Gasteiger partial charge in [0, 0.05) is 6.04 Å². The minimum absolute atomic E-state index is 0. The van der Waals surface area contributed by atoms with Gasteiger partial charge in [-0.2, -0.15) is 0 Å². The van der Waals surface area contributed by atoms with Gasteiger partial charge in [-0.1, -0.05) is 18.6 Å². The van der Waals surface area contributed by atoms with Crippen LogP contribution < -0.4 is 21.1 Å². The average Bonchev–Trinajstić information content (AvgIpc) is 3.20. The van der Waals surface area contributed by atoms with Crippen molar-refractivity contribution in [3.05, 3.63) is 29.8 Å². The number of nitrogens with two attached hydrogens (primary N) is 1. The van der Waals surface area contributed by atoms with Gasteiger partial charge in [-0.15, -0.1) is 12.4 Å². The van der Waals surface area contributed by atoms with E-state index in [-0.39, 0.29) is 36.8 Å². The van der Waals surface area contributed by atoms with Crippen LogP contribution in [0.1, 0.15) is 31.7 Å². The minimum Gasteiger partial charge on any atom is -0.497 e. The van der Waals surface area contributed by atoms with Crippen molar-refractivity contribution in [1.29, 1.82) is 0 Å². The second-order valence-electron chi connectivity index (χ2n) is 7.28. The smallest absolute Gasteiger partial charge is 0.325 e. The number of benzene rings is 1. The van der Waals surface area contributed by atoms with E-state index in [1.165, 1.54) is 0 Å². The monoisotopic (exact) mass is 410 g/mol. The van der Waals surface area contributed by atoms with Crippen LogP contribution in [0.3, 0.4) is 0 Å². The SMILES string of the molecule is COc1ccc(C2(C)NC(=O)N(CC(=O)NC3CCCC3CN)C2=O)cc1.Cl. The van der Waals surface area contributed by atoms with E-state index in [0.717, 1.165) is 24.2 Å². The van der Waals surface area contributed by atoms with Crippen molar-refractivity contribution in [2.75, 3.05) is 20.2 Å². The molecule has 1 heterocycles. The maximum Gasteiger partial charge on any atom is 0.325 e. The molecule has 1 aromatic carbocycles. The fourth-order valence-corrected chi connectivity index (χ4v) is 3.87. The Morgan fingerprint density at radius 3 is 2.61 bits per heavy atom. The van der Waals surface area contributed by atoms with Crippen LogP contribution in [0.5, 0.6) is 5.75 Å². The number of halogens is 1. The molecule has 1 saturated heterocycles. The molecular formula is C19H27ClN4O4. The van der Waals surface area contributed by atoms with E-state index in [1.54, 1.807) is 38.3 Å². The third-order valence-corrected chi connectivity index (χ3v) is 5.55. The molecule has 0 aromatic heterocycles. The van der Waals surface area contributed by atoms with Crippen molar-refractivity contribution in [3.63, 3.8) is 0 Å². The molecule has 3 atom stereocenters. The Morgan fingerprint density at radius 1 is 1.32 bits per heavy atom. The van der Waals surface area contributed by atoms with Crippen molar-refractivity contribution in [1.82, 2.24) is 15.5 Å². The second-order valence-corrected chi connectivity index (χ2v) is 7.28. The van der Waals surface area contributed by atoms with Crippen molar-refractivity contribution in [2.24, 2.45) is 11.7 Å². The molecule has 2 fully saturated rings. The summed E-state index contributed by atoms with van der Waals surface area (Å²) in [5, 5.41) is 5.62. The highest BCUT2D eigenvalue weighted by Crippen LogP contribution is 2.30. The van der Waals surface area contributed by atoms with Gasteiger partial charge in [0.1, 0.15) is 17.8 Å². The number of carbonyl (C=O) groups excluding carboxylic acids is 3. The summed E-state index contributed by atoms with van der Waals surface area (Å²) in [6.45, 7) is 1.85. The maximum atomic E-state index is 12.9. The van der Waals surface area contributed by atoms with Crippen molar-refractivity contribution >= 4 is 30.3 Å². The van der Waals surface area contributed by atoms with E-state index < -0.39 is 17.5 Å². The first-order chi connectivity index (χ1) is 12.9. The molecule has 28 heavy (non-hydrogen) atoms. The Labute approximate surface area is 170 Å². The molecule has 9 heteroatoms. The van der Waals surface area contributed by atoms with Crippen LogP contribution in [0.2, 0.25) is 0 Å². The Morgan fingerprint density at radius 2 is 2.00 bits per heavy atom. The van der Waals surface area contributed by atoms with Gasteiger partial charge in [0.2, 0.25) is 5.91 Å². The van der Waals surface area contributed by atoms with Gasteiger partial charge >= 0.3 is 6.03 Å². The van der Waals surface area contributed by atoms with Crippen LogP contribution in [0.4, 0.5) is 4.79 Å². The van der Waals surface area contributed by atoms with Gasteiger partial charge in [-0.3, -0.25) is 14.5 Å². The number of imide groups is 1. The zero-order chi connectivity index (χ0) is 19.6. The zero-order valence-electron chi connectivity index (χ0n) is 16.1. The molecule has 1 aromatic rings. The van der Waals surface area contributed by atoms with E-state index in [1.807, 2.05) is 0 Å². The van der Waals surface area contributed by atoms with Crippen molar-refractivity contribution < 1.29 is 19.1 Å². The minimum atomic E-state index is -1.21. The highest BCUT2D eigenvalue weighted by molar-refractivity contribution is 6.09. The quantitative estimate of drug-likeness (QED) is 0.608. The number of methoxy groups -OCH3 is 1. The molecule has 3 unspecified atom stereocenters. The maximum absolute atomic E-state index is 12.9. The lowest BCUT2D eigenvalue weighted by atomic mass is 9.92. The first-order valence-corrected chi connectivity index (χ1v) is 9.17. The molecular weight excluding hydrogens is 384 g/mol. The average molecular weight is 411 g/mol. The van der Waals surface area contributed by atoms with Crippen LogP contribution in [-0.4, -0.2) is 49.0 Å². The largest absolute Gasteiger partial charge is 0.497 e. The van der Waals surface area contributed by atoms with E-state index in [4.69, 9.17) is 10.5 Å². The molecule has 1 aliphatic carbocycles. The molecule has 4 amide bonds. The lowest BCUT2D eigenvalue weighted by Gasteiger charge is -2.23. The predicted octanol–water partition coefficient (Wildman–Crippen LogP) is 1.13. The van der Waals surface area contributed by atoms with Crippen LogP contribution in [0, 0.1) is 5.92 Å². The standard InChI is InChI=1S/C19H26N4O4.ClH/c1-19(13-6-8-14(27-2)9-7-13)17(25)23(18(26)22-19)11-16(24)21-15-5-3-4-12(15)10-20;/h6-9,12,15H,3-5,10-11,20H2,1-2H3,(H,21,24)(H,22,26);1H. The molecule has 4 N–H and O–H groups in total. The predicted molar refractivity (Wildman–Crippen MR) is 106 cm³/mol. The number of amides is 4. The Bertz CT molecular complexity index is 742. The molecule has 8 nitrogen and oxygen atoms in total. The van der Waals surface area contributed by atoms with E-state index in [0.29, 0.717) is 17.9 Å². The molecule has 0 bridgehead atoms. The lowest BCUT2D eigenvalue weighted by molar-refractivity contribution is -0.135. The number of carbonyl (C=O) groups is 3. The fraction of sp³-hybridized carbons (Fsp3) is 0.526. The summed E-state index contributed by atoms with van der Waals surface area (Å²) >= 11 is 0. The molecule has 0 spiro atoms. The fourth-order valence-electron chi connectivity index (χ4n) is 3.87. The first kappa shape index (κ1) is 22.0. The van der Waals surface area contributed by atoms with Gasteiger partial charge in [0.05, 0.1) is 7.11 Å². The molecule has 2 aliphatic rings. The summed E-state index contributed by atoms with van der Waals surface area (Å²) in [5.41, 5.74) is 5.16. The summed E-state index contributed by atoms with van der Waals surface area (Å²) in [6, 6.07) is 6.34. The summed E-state index contributed by atoms with van der Waals surface area (Å²) in [4.78, 5) is 38.6. The number of hydrogen-bond donors (Lipinski definition) is 3. The van der Waals surface area contributed by atoms with Crippen molar-refractivity contribution in [3.8, 4) is 5.75 Å². The topological polar surface area (TPSA) is 114 Å². The molecule has 1 saturated carbocycles. The summed E-state index contributed by atoms with van der Waals surface area (Å²) in [6.07, 6.45) is 2.88. The number of hydrogen-bond acceptors (Lipinski definition) is 5. The van der Waals surface area contributed by atoms with Gasteiger partial charge in [-0.05, 0) is 49.9 Å². The summed E-state index contributed by atoms with van der Waals surface area (Å²) in [7, 11) is 1.55. The summed E-state index contributed by atoms with van der Waals surface area (Å²) < 4.78 is 5.12. The second kappa shape index (κ2) is 8.79. The van der Waals surface area contributed by atoms with Crippen LogP contribution in [0.15, 0.2) is 24.3 Å². The molecule has 1 aliphatic heterocycles. The first-order valence-electron chi connectivity index (χ1n) is 9.17. The number of nitrogens with zero attached hydrogens (tertiary/aromatic N) is 1. The Hall–Kier alpha value is -2.32. The zero-order valence-corrected chi connectivity index (χ0v) is 16.9. The highest BCUT2D eigenvalue weighted by Gasteiger charge is 2.49. The third-order valence-electron chi connectivity index (χ3n) is 5.55. The normalized spacial score (nSPS) is 26.6. The van der Waals surface area contributed by atoms with E-state index >= 15 is 0 Å². The number of urea groups is 1. The van der Waals surface area contributed by atoms with Gasteiger partial charge < -0.3 is 21.1 Å². The van der Waals surface area contributed by atoms with E-state index in [2.05, 4.69) is 10.6 Å². The third kappa shape index (κ3) is 4.07. The Balaban J connectivity index is 0.00000280.